The molecule has 3 rings (SSSR count). The Bertz CT molecular complexity index is 1230. The van der Waals surface area contributed by atoms with Gasteiger partial charge in [-0.25, -0.2) is 9.59 Å². The smallest absolute Gasteiger partial charge is 0.431 e. The summed E-state index contributed by atoms with van der Waals surface area (Å²) >= 11 is 0. The molecule has 198 valence electrons. The number of carbonyl (C=O) groups is 2. The summed E-state index contributed by atoms with van der Waals surface area (Å²) < 4.78 is 53.9. The number of ether oxygens (including phenoxy) is 2. The molecular formula is C27H29F3N2O5. The number of rotatable bonds is 10. The van der Waals surface area contributed by atoms with Crippen LogP contribution >= 0.6 is 0 Å². The van der Waals surface area contributed by atoms with Crippen LogP contribution < -0.4 is 4.74 Å². The first-order chi connectivity index (χ1) is 17.3. The minimum atomic E-state index is -4.88. The third-order valence-electron chi connectivity index (χ3n) is 5.57. The number of carboxylic acids is 1. The first-order valence-electron chi connectivity index (χ1n) is 11.7. The molecule has 0 radical (unpaired) electrons. The van der Waals surface area contributed by atoms with Crippen LogP contribution in [0.3, 0.4) is 0 Å². The molecule has 10 heteroatoms. The zero-order valence-electron chi connectivity index (χ0n) is 21.0. The zero-order chi connectivity index (χ0) is 27.4. The molecule has 1 unspecified atom stereocenters. The molecule has 1 aromatic heterocycles. The lowest BCUT2D eigenvalue weighted by molar-refractivity contribution is -0.209. The molecule has 0 fully saturated rings. The second kappa shape index (κ2) is 11.1. The molecule has 0 saturated heterocycles. The average molecular weight is 519 g/mol. The first-order valence-corrected chi connectivity index (χ1v) is 11.7. The standard InChI is InChI=1S/C27H29F3N2O5/c1-5-14-32-22(16-20(31-32)15-18-8-6-17(2)7-9-18)23(27(28,29)30)36-24(33)19-10-12-21(13-11-19)37-26(3,4)25(34)35/h6-13,16,23H,5,14-15H2,1-4H3,(H,34,35). The van der Waals surface area contributed by atoms with Crippen molar-refractivity contribution in [3.8, 4) is 5.75 Å². The van der Waals surface area contributed by atoms with E-state index in [2.05, 4.69) is 5.10 Å². The number of hydrogen-bond acceptors (Lipinski definition) is 5. The van der Waals surface area contributed by atoms with E-state index >= 15 is 0 Å². The molecular weight excluding hydrogens is 489 g/mol. The van der Waals surface area contributed by atoms with E-state index in [1.807, 2.05) is 38.1 Å². The van der Waals surface area contributed by atoms with Crippen LogP contribution in [0, 0.1) is 6.92 Å². The molecule has 0 amide bonds. The van der Waals surface area contributed by atoms with Crippen molar-refractivity contribution >= 4 is 11.9 Å². The summed E-state index contributed by atoms with van der Waals surface area (Å²) in [6, 6.07) is 14.0. The Morgan fingerprint density at radius 2 is 1.68 bits per heavy atom. The minimum Gasteiger partial charge on any atom is -0.478 e. The maximum absolute atomic E-state index is 14.1. The van der Waals surface area contributed by atoms with Gasteiger partial charge in [0.15, 0.2) is 5.60 Å². The van der Waals surface area contributed by atoms with Crippen LogP contribution in [0.4, 0.5) is 13.2 Å². The SMILES string of the molecule is CCCn1nc(Cc2ccc(C)cc2)cc1C(OC(=O)c1ccc(OC(C)(C)C(=O)O)cc1)C(F)(F)F. The quantitative estimate of drug-likeness (QED) is 0.337. The number of carboxylic acid groups (broad SMARTS) is 1. The van der Waals surface area contributed by atoms with Crippen LogP contribution in [-0.4, -0.2) is 38.6 Å². The van der Waals surface area contributed by atoms with Crippen molar-refractivity contribution in [2.75, 3.05) is 0 Å². The molecule has 1 heterocycles. The van der Waals surface area contributed by atoms with E-state index in [1.165, 1.54) is 48.9 Å². The van der Waals surface area contributed by atoms with Crippen LogP contribution in [0.1, 0.15) is 66.2 Å². The molecule has 7 nitrogen and oxygen atoms in total. The molecule has 0 aliphatic carbocycles. The van der Waals surface area contributed by atoms with Gasteiger partial charge in [0, 0.05) is 13.0 Å². The van der Waals surface area contributed by atoms with Gasteiger partial charge in [-0.05, 0) is 63.1 Å². The lowest BCUT2D eigenvalue weighted by Gasteiger charge is -2.22. The summed E-state index contributed by atoms with van der Waals surface area (Å²) in [5.74, 6) is -2.25. The van der Waals surface area contributed by atoms with Crippen LogP contribution in [0.5, 0.6) is 5.75 Å². The lowest BCUT2D eigenvalue weighted by Crippen LogP contribution is -2.37. The summed E-state index contributed by atoms with van der Waals surface area (Å²) in [4.78, 5) is 23.9. The predicted molar refractivity (Wildman–Crippen MR) is 129 cm³/mol. The van der Waals surface area contributed by atoms with Gasteiger partial charge in [0.1, 0.15) is 5.75 Å². The van der Waals surface area contributed by atoms with Gasteiger partial charge >= 0.3 is 18.1 Å². The lowest BCUT2D eigenvalue weighted by atomic mass is 10.1. The fourth-order valence-corrected chi connectivity index (χ4v) is 3.56. The van der Waals surface area contributed by atoms with Gasteiger partial charge in [-0.1, -0.05) is 36.8 Å². The molecule has 0 spiro atoms. The van der Waals surface area contributed by atoms with Crippen molar-refractivity contribution in [1.82, 2.24) is 9.78 Å². The van der Waals surface area contributed by atoms with Gasteiger partial charge in [0.25, 0.3) is 0 Å². The van der Waals surface area contributed by atoms with Gasteiger partial charge in [-0.15, -0.1) is 0 Å². The van der Waals surface area contributed by atoms with E-state index < -0.39 is 29.8 Å². The topological polar surface area (TPSA) is 90.7 Å². The van der Waals surface area contributed by atoms with Crippen LogP contribution in [0.15, 0.2) is 54.6 Å². The van der Waals surface area contributed by atoms with Gasteiger partial charge < -0.3 is 14.6 Å². The van der Waals surface area contributed by atoms with E-state index in [4.69, 9.17) is 9.47 Å². The molecule has 37 heavy (non-hydrogen) atoms. The molecule has 3 aromatic rings. The molecule has 1 atom stereocenters. The fourth-order valence-electron chi connectivity index (χ4n) is 3.56. The Labute approximate surface area is 212 Å². The van der Waals surface area contributed by atoms with Gasteiger partial charge in [0.2, 0.25) is 6.10 Å². The Morgan fingerprint density at radius 1 is 1.05 bits per heavy atom. The van der Waals surface area contributed by atoms with Crippen molar-refractivity contribution in [1.29, 1.82) is 0 Å². The highest BCUT2D eigenvalue weighted by Crippen LogP contribution is 2.37. The van der Waals surface area contributed by atoms with E-state index in [-0.39, 0.29) is 23.6 Å². The molecule has 0 saturated carbocycles. The van der Waals surface area contributed by atoms with E-state index in [0.29, 0.717) is 18.5 Å². The number of alkyl halides is 3. The Kier molecular flexibility index (Phi) is 8.30. The van der Waals surface area contributed by atoms with Crippen molar-refractivity contribution < 1.29 is 37.3 Å². The van der Waals surface area contributed by atoms with E-state index in [9.17, 15) is 27.9 Å². The van der Waals surface area contributed by atoms with Crippen LogP contribution in [-0.2, 0) is 22.5 Å². The maximum atomic E-state index is 14.1. The normalized spacial score (nSPS) is 12.7. The minimum absolute atomic E-state index is 0.137. The zero-order valence-corrected chi connectivity index (χ0v) is 21.0. The van der Waals surface area contributed by atoms with Crippen molar-refractivity contribution in [3.05, 3.63) is 82.7 Å². The Morgan fingerprint density at radius 3 is 2.22 bits per heavy atom. The molecule has 1 N–H and O–H groups in total. The number of esters is 1. The summed E-state index contributed by atoms with van der Waals surface area (Å²) in [7, 11) is 0. The summed E-state index contributed by atoms with van der Waals surface area (Å²) in [6.45, 7) is 6.67. The number of hydrogen-bond donors (Lipinski definition) is 1. The number of aliphatic carboxylic acids is 1. The summed E-state index contributed by atoms with van der Waals surface area (Å²) in [5, 5.41) is 13.5. The van der Waals surface area contributed by atoms with Crippen molar-refractivity contribution in [3.63, 3.8) is 0 Å². The maximum Gasteiger partial charge on any atom is 0.431 e. The molecule has 2 aromatic carbocycles. The number of benzene rings is 2. The van der Waals surface area contributed by atoms with E-state index in [1.54, 1.807) is 0 Å². The van der Waals surface area contributed by atoms with Crippen molar-refractivity contribution in [2.45, 2.75) is 65.0 Å². The number of carbonyl (C=O) groups excluding carboxylic acids is 1. The monoisotopic (exact) mass is 518 g/mol. The number of aromatic nitrogens is 2. The van der Waals surface area contributed by atoms with Gasteiger partial charge in [-0.2, -0.15) is 18.3 Å². The molecule has 0 bridgehead atoms. The Balaban J connectivity index is 1.85. The third kappa shape index (κ3) is 7.12. The van der Waals surface area contributed by atoms with Crippen LogP contribution in [0.2, 0.25) is 0 Å². The summed E-state index contributed by atoms with van der Waals surface area (Å²) in [6.07, 6.45) is -6.54. The second-order valence-corrected chi connectivity index (χ2v) is 9.21. The highest BCUT2D eigenvalue weighted by Gasteiger charge is 2.46. The predicted octanol–water partition coefficient (Wildman–Crippen LogP) is 5.89. The molecule has 0 aliphatic rings. The van der Waals surface area contributed by atoms with Crippen molar-refractivity contribution in [2.24, 2.45) is 0 Å². The third-order valence-corrected chi connectivity index (χ3v) is 5.57. The first kappa shape index (κ1) is 27.8. The van der Waals surface area contributed by atoms with Gasteiger partial charge in [-0.3, -0.25) is 4.68 Å². The highest BCUT2D eigenvalue weighted by atomic mass is 19.4. The fraction of sp³-hybridized carbons (Fsp3) is 0.370. The number of aryl methyl sites for hydroxylation is 2. The Hall–Kier alpha value is -3.82. The van der Waals surface area contributed by atoms with E-state index in [0.717, 1.165) is 11.1 Å². The average Bonchev–Trinajstić information content (AvgIpc) is 3.20. The van der Waals surface area contributed by atoms with Gasteiger partial charge in [0.05, 0.1) is 17.0 Å². The highest BCUT2D eigenvalue weighted by molar-refractivity contribution is 5.89. The van der Waals surface area contributed by atoms with Crippen LogP contribution in [0.25, 0.3) is 0 Å². The largest absolute Gasteiger partial charge is 0.478 e. The number of nitrogens with zero attached hydrogens (tertiary/aromatic N) is 2. The second-order valence-electron chi connectivity index (χ2n) is 9.21. The number of halogens is 3. The summed E-state index contributed by atoms with van der Waals surface area (Å²) in [5.41, 5.74) is 0.462. The molecule has 0 aliphatic heterocycles.